The lowest BCUT2D eigenvalue weighted by atomic mass is 9.95. The second-order valence-corrected chi connectivity index (χ2v) is 5.07. The van der Waals surface area contributed by atoms with Gasteiger partial charge in [-0.15, -0.1) is 0 Å². The first-order valence-electron chi connectivity index (χ1n) is 5.96. The molecule has 4 heteroatoms. The molecule has 2 rings (SSSR count). The minimum atomic E-state index is 0.288. The van der Waals surface area contributed by atoms with E-state index in [1.54, 1.807) is 0 Å². The molecule has 0 saturated carbocycles. The Labute approximate surface area is 107 Å². The van der Waals surface area contributed by atoms with Gasteiger partial charge < -0.3 is 5.73 Å². The average molecular weight is 252 g/mol. The number of nitrogens with two attached hydrogens (primary N) is 1. The van der Waals surface area contributed by atoms with Crippen LogP contribution in [0, 0.1) is 11.3 Å². The van der Waals surface area contributed by atoms with Crippen molar-refractivity contribution in [1.29, 1.82) is 5.41 Å². The topological polar surface area (TPSA) is 53.1 Å². The summed E-state index contributed by atoms with van der Waals surface area (Å²) in [6, 6.07) is 8.00. The highest BCUT2D eigenvalue weighted by Crippen LogP contribution is 2.19. The van der Waals surface area contributed by atoms with E-state index in [4.69, 9.17) is 22.7 Å². The molecule has 0 radical (unpaired) electrons. The van der Waals surface area contributed by atoms with Crippen LogP contribution in [0.25, 0.3) is 0 Å². The second kappa shape index (κ2) is 5.52. The third-order valence-corrected chi connectivity index (χ3v) is 3.60. The zero-order valence-corrected chi connectivity index (χ0v) is 10.6. The molecule has 1 aliphatic heterocycles. The Morgan fingerprint density at radius 2 is 1.88 bits per heavy atom. The molecule has 92 valence electrons. The van der Waals surface area contributed by atoms with Gasteiger partial charge in [-0.2, -0.15) is 0 Å². The number of halogens is 1. The lowest BCUT2D eigenvalue weighted by Crippen LogP contribution is -2.37. The third kappa shape index (κ3) is 3.45. The van der Waals surface area contributed by atoms with Crippen LogP contribution in [0.1, 0.15) is 18.4 Å². The molecule has 0 amide bonds. The molecular weight excluding hydrogens is 234 g/mol. The van der Waals surface area contributed by atoms with Crippen molar-refractivity contribution in [2.45, 2.75) is 19.4 Å². The van der Waals surface area contributed by atoms with Gasteiger partial charge in [-0.25, -0.2) is 0 Å². The SMILES string of the molecule is N=C(N)C1CCN(Cc2ccc(Cl)cc2)CC1. The van der Waals surface area contributed by atoms with Crippen molar-refractivity contribution in [3.63, 3.8) is 0 Å². The average Bonchev–Trinajstić information content (AvgIpc) is 2.33. The molecule has 0 aromatic heterocycles. The number of rotatable bonds is 3. The number of nitrogens with one attached hydrogen (secondary N) is 1. The minimum absolute atomic E-state index is 0.288. The first kappa shape index (κ1) is 12.4. The molecule has 1 fully saturated rings. The number of amidine groups is 1. The largest absolute Gasteiger partial charge is 0.387 e. The zero-order valence-electron chi connectivity index (χ0n) is 9.82. The van der Waals surface area contributed by atoms with E-state index in [9.17, 15) is 0 Å². The summed E-state index contributed by atoms with van der Waals surface area (Å²) in [5.41, 5.74) is 6.82. The van der Waals surface area contributed by atoms with Gasteiger partial charge in [0.05, 0.1) is 5.84 Å². The fourth-order valence-electron chi connectivity index (χ4n) is 2.25. The van der Waals surface area contributed by atoms with E-state index in [1.807, 2.05) is 12.1 Å². The highest BCUT2D eigenvalue weighted by molar-refractivity contribution is 6.30. The summed E-state index contributed by atoms with van der Waals surface area (Å²) >= 11 is 5.86. The molecule has 1 aromatic carbocycles. The predicted octanol–water partition coefficient (Wildman–Crippen LogP) is 2.49. The van der Waals surface area contributed by atoms with Crippen molar-refractivity contribution in [1.82, 2.24) is 4.90 Å². The van der Waals surface area contributed by atoms with Crippen molar-refractivity contribution < 1.29 is 0 Å². The quantitative estimate of drug-likeness (QED) is 0.641. The van der Waals surface area contributed by atoms with Crippen molar-refractivity contribution >= 4 is 17.4 Å². The molecule has 1 aromatic rings. The van der Waals surface area contributed by atoms with Gasteiger partial charge in [0, 0.05) is 17.5 Å². The van der Waals surface area contributed by atoms with E-state index in [0.717, 1.165) is 37.5 Å². The predicted molar refractivity (Wildman–Crippen MR) is 71.4 cm³/mol. The summed E-state index contributed by atoms with van der Waals surface area (Å²) in [6.45, 7) is 3.00. The molecule has 1 aliphatic rings. The van der Waals surface area contributed by atoms with Crippen LogP contribution in [0.5, 0.6) is 0 Å². The Morgan fingerprint density at radius 1 is 1.29 bits per heavy atom. The Morgan fingerprint density at radius 3 is 2.41 bits per heavy atom. The van der Waals surface area contributed by atoms with E-state index in [1.165, 1.54) is 5.56 Å². The number of hydrogen-bond acceptors (Lipinski definition) is 2. The number of nitrogens with zero attached hydrogens (tertiary/aromatic N) is 1. The Balaban J connectivity index is 1.85. The van der Waals surface area contributed by atoms with E-state index in [0.29, 0.717) is 5.84 Å². The molecule has 3 nitrogen and oxygen atoms in total. The summed E-state index contributed by atoms with van der Waals surface area (Å²) in [5.74, 6) is 0.632. The Kier molecular flexibility index (Phi) is 4.02. The van der Waals surface area contributed by atoms with Crippen molar-refractivity contribution in [2.24, 2.45) is 11.7 Å². The number of benzene rings is 1. The van der Waals surface area contributed by atoms with E-state index >= 15 is 0 Å². The first-order chi connectivity index (χ1) is 8.15. The third-order valence-electron chi connectivity index (χ3n) is 3.35. The van der Waals surface area contributed by atoms with Crippen LogP contribution in [-0.4, -0.2) is 23.8 Å². The van der Waals surface area contributed by atoms with Crippen LogP contribution in [0.4, 0.5) is 0 Å². The van der Waals surface area contributed by atoms with Crippen molar-refractivity contribution in [3.05, 3.63) is 34.9 Å². The smallest absolute Gasteiger partial charge is 0.0937 e. The lowest BCUT2D eigenvalue weighted by molar-refractivity contribution is 0.201. The molecule has 1 saturated heterocycles. The highest BCUT2D eigenvalue weighted by Gasteiger charge is 2.20. The normalized spacial score (nSPS) is 18.2. The van der Waals surface area contributed by atoms with Crippen LogP contribution in [0.15, 0.2) is 24.3 Å². The Bertz CT molecular complexity index is 380. The van der Waals surface area contributed by atoms with E-state index in [2.05, 4.69) is 17.0 Å². The fraction of sp³-hybridized carbons (Fsp3) is 0.462. The standard InChI is InChI=1S/C13H18ClN3/c14-12-3-1-10(2-4-12)9-17-7-5-11(6-8-17)13(15)16/h1-4,11H,5-9H2,(H3,15,16). The van der Waals surface area contributed by atoms with Gasteiger partial charge in [0.15, 0.2) is 0 Å². The van der Waals surface area contributed by atoms with Crippen LogP contribution in [0.2, 0.25) is 5.02 Å². The summed E-state index contributed by atoms with van der Waals surface area (Å²) in [7, 11) is 0. The molecule has 0 bridgehead atoms. The molecular formula is C13H18ClN3. The van der Waals surface area contributed by atoms with Gasteiger partial charge in [-0.05, 0) is 43.6 Å². The lowest BCUT2D eigenvalue weighted by Gasteiger charge is -2.31. The summed E-state index contributed by atoms with van der Waals surface area (Å²) < 4.78 is 0. The van der Waals surface area contributed by atoms with E-state index < -0.39 is 0 Å². The van der Waals surface area contributed by atoms with Crippen LogP contribution in [-0.2, 0) is 6.54 Å². The zero-order chi connectivity index (χ0) is 12.3. The number of likely N-dealkylation sites (tertiary alicyclic amines) is 1. The molecule has 0 spiro atoms. The van der Waals surface area contributed by atoms with Gasteiger partial charge in [0.1, 0.15) is 0 Å². The van der Waals surface area contributed by atoms with Crippen molar-refractivity contribution in [2.75, 3.05) is 13.1 Å². The minimum Gasteiger partial charge on any atom is -0.387 e. The van der Waals surface area contributed by atoms with Gasteiger partial charge in [0.25, 0.3) is 0 Å². The summed E-state index contributed by atoms with van der Waals surface area (Å²) in [4.78, 5) is 2.41. The maximum absolute atomic E-state index is 7.44. The maximum atomic E-state index is 7.44. The van der Waals surface area contributed by atoms with Crippen LogP contribution < -0.4 is 5.73 Å². The summed E-state index contributed by atoms with van der Waals surface area (Å²) in [5, 5.41) is 8.23. The monoisotopic (exact) mass is 251 g/mol. The Hall–Kier alpha value is -1.06. The van der Waals surface area contributed by atoms with E-state index in [-0.39, 0.29) is 5.92 Å². The molecule has 3 N–H and O–H groups in total. The molecule has 0 unspecified atom stereocenters. The molecule has 17 heavy (non-hydrogen) atoms. The van der Waals surface area contributed by atoms with Gasteiger partial charge in [-0.3, -0.25) is 10.3 Å². The number of hydrogen-bond donors (Lipinski definition) is 2. The van der Waals surface area contributed by atoms with Gasteiger partial charge in [0.2, 0.25) is 0 Å². The molecule has 0 atom stereocenters. The number of piperidine rings is 1. The van der Waals surface area contributed by atoms with Crippen LogP contribution >= 0.6 is 11.6 Å². The summed E-state index contributed by atoms with van der Waals surface area (Å²) in [6.07, 6.45) is 2.01. The van der Waals surface area contributed by atoms with Crippen molar-refractivity contribution in [3.8, 4) is 0 Å². The first-order valence-corrected chi connectivity index (χ1v) is 6.33. The van der Waals surface area contributed by atoms with Gasteiger partial charge in [-0.1, -0.05) is 23.7 Å². The maximum Gasteiger partial charge on any atom is 0.0937 e. The molecule has 0 aliphatic carbocycles. The molecule has 1 heterocycles. The highest BCUT2D eigenvalue weighted by atomic mass is 35.5. The van der Waals surface area contributed by atoms with Crippen LogP contribution in [0.3, 0.4) is 0 Å². The second-order valence-electron chi connectivity index (χ2n) is 4.63. The fourth-order valence-corrected chi connectivity index (χ4v) is 2.38. The van der Waals surface area contributed by atoms with Gasteiger partial charge >= 0.3 is 0 Å².